The maximum atomic E-state index is 13.0. The number of nitrogens with one attached hydrogen (secondary N) is 1. The third-order valence-electron chi connectivity index (χ3n) is 4.87. The van der Waals surface area contributed by atoms with Gasteiger partial charge >= 0.3 is 0 Å². The number of hydrogen-bond donors (Lipinski definition) is 1. The molecule has 1 aromatic carbocycles. The summed E-state index contributed by atoms with van der Waals surface area (Å²) in [5, 5.41) is 10.9. The first-order valence-corrected chi connectivity index (χ1v) is 8.70. The molecule has 7 nitrogen and oxygen atoms in total. The van der Waals surface area contributed by atoms with Crippen molar-refractivity contribution in [3.63, 3.8) is 0 Å². The van der Waals surface area contributed by atoms with Crippen molar-refractivity contribution in [3.05, 3.63) is 60.4 Å². The molecule has 0 bridgehead atoms. The predicted octanol–water partition coefficient (Wildman–Crippen LogP) is 2.65. The molecule has 1 aliphatic carbocycles. The highest BCUT2D eigenvalue weighted by Crippen LogP contribution is 2.41. The summed E-state index contributed by atoms with van der Waals surface area (Å²) in [7, 11) is 0. The smallest absolute Gasteiger partial charge is 0.267 e. The highest BCUT2D eigenvalue weighted by atomic mass is 16.4. The van der Waals surface area contributed by atoms with Gasteiger partial charge in [0.05, 0.1) is 18.2 Å². The summed E-state index contributed by atoms with van der Waals surface area (Å²) in [6.07, 6.45) is 8.52. The minimum atomic E-state index is -0.463. The maximum Gasteiger partial charge on any atom is 0.267 e. The molecule has 0 atom stereocenters. The molecule has 1 amide bonds. The highest BCUT2D eigenvalue weighted by molar-refractivity contribution is 5.88. The van der Waals surface area contributed by atoms with E-state index in [0.717, 1.165) is 31.2 Å². The summed E-state index contributed by atoms with van der Waals surface area (Å²) in [5.41, 5.74) is 1.12. The van der Waals surface area contributed by atoms with Crippen molar-refractivity contribution in [3.8, 4) is 11.6 Å². The third-order valence-corrected chi connectivity index (χ3v) is 4.87. The van der Waals surface area contributed by atoms with Crippen molar-refractivity contribution in [1.29, 1.82) is 0 Å². The Bertz CT molecular complexity index is 873. The number of amides is 1. The first-order chi connectivity index (χ1) is 12.8. The van der Waals surface area contributed by atoms with Crippen LogP contribution < -0.4 is 5.32 Å². The fourth-order valence-corrected chi connectivity index (χ4v) is 3.55. The van der Waals surface area contributed by atoms with Gasteiger partial charge in [0, 0.05) is 12.4 Å². The molecule has 0 aliphatic heterocycles. The van der Waals surface area contributed by atoms with Gasteiger partial charge in [-0.25, -0.2) is 4.98 Å². The number of carbonyl (C=O) groups is 1. The van der Waals surface area contributed by atoms with Crippen LogP contribution in [0.3, 0.4) is 0 Å². The van der Waals surface area contributed by atoms with Crippen LogP contribution in [0.5, 0.6) is 0 Å². The van der Waals surface area contributed by atoms with Crippen molar-refractivity contribution in [1.82, 2.24) is 25.5 Å². The Labute approximate surface area is 150 Å². The average molecular weight is 349 g/mol. The molecule has 1 fully saturated rings. The van der Waals surface area contributed by atoms with Crippen LogP contribution in [-0.4, -0.2) is 26.1 Å². The molecule has 1 aliphatic rings. The van der Waals surface area contributed by atoms with Crippen LogP contribution in [-0.2, 0) is 16.8 Å². The van der Waals surface area contributed by atoms with Crippen LogP contribution in [0.25, 0.3) is 11.6 Å². The molecule has 0 radical (unpaired) electrons. The molecule has 1 saturated carbocycles. The lowest BCUT2D eigenvalue weighted by molar-refractivity contribution is -0.126. The SMILES string of the molecule is O=C(NCc1nnc(-c2cnccn2)o1)C1(c2ccccc2)CCCC1. The van der Waals surface area contributed by atoms with Crippen LogP contribution >= 0.6 is 0 Å². The Kier molecular flexibility index (Phi) is 4.43. The van der Waals surface area contributed by atoms with E-state index in [1.165, 1.54) is 0 Å². The molecule has 132 valence electrons. The summed E-state index contributed by atoms with van der Waals surface area (Å²) in [6.45, 7) is 0.195. The molecule has 0 saturated heterocycles. The largest absolute Gasteiger partial charge is 0.417 e. The highest BCUT2D eigenvalue weighted by Gasteiger charge is 2.42. The van der Waals surface area contributed by atoms with Crippen molar-refractivity contribution in [2.24, 2.45) is 0 Å². The number of aromatic nitrogens is 4. The van der Waals surface area contributed by atoms with Gasteiger partial charge in [0.2, 0.25) is 11.8 Å². The molecular formula is C19H19N5O2. The van der Waals surface area contributed by atoms with Gasteiger partial charge in [-0.2, -0.15) is 0 Å². The lowest BCUT2D eigenvalue weighted by atomic mass is 9.78. The van der Waals surface area contributed by atoms with Crippen LogP contribution in [0.4, 0.5) is 0 Å². The fraction of sp³-hybridized carbons (Fsp3) is 0.316. The first-order valence-electron chi connectivity index (χ1n) is 8.70. The van der Waals surface area contributed by atoms with Crippen LogP contribution in [0.1, 0.15) is 37.1 Å². The lowest BCUT2D eigenvalue weighted by Crippen LogP contribution is -2.42. The Balaban J connectivity index is 1.47. The monoisotopic (exact) mass is 349 g/mol. The molecule has 2 heterocycles. The number of nitrogens with zero attached hydrogens (tertiary/aromatic N) is 4. The molecular weight excluding hydrogens is 330 g/mol. The van der Waals surface area contributed by atoms with E-state index in [2.05, 4.69) is 25.5 Å². The van der Waals surface area contributed by atoms with E-state index in [1.54, 1.807) is 18.6 Å². The Morgan fingerprint density at radius 3 is 2.65 bits per heavy atom. The summed E-state index contributed by atoms with van der Waals surface area (Å²) in [4.78, 5) is 21.1. The van der Waals surface area contributed by atoms with Gasteiger partial charge in [0.1, 0.15) is 5.69 Å². The van der Waals surface area contributed by atoms with Gasteiger partial charge in [0.15, 0.2) is 0 Å². The zero-order chi connectivity index (χ0) is 17.8. The number of carbonyl (C=O) groups excluding carboxylic acids is 1. The number of hydrogen-bond acceptors (Lipinski definition) is 6. The minimum absolute atomic E-state index is 0.0143. The van der Waals surface area contributed by atoms with Crippen LogP contribution in [0.15, 0.2) is 53.3 Å². The Morgan fingerprint density at radius 1 is 1.12 bits per heavy atom. The van der Waals surface area contributed by atoms with E-state index in [0.29, 0.717) is 17.5 Å². The van der Waals surface area contributed by atoms with E-state index in [9.17, 15) is 4.79 Å². The summed E-state index contributed by atoms with van der Waals surface area (Å²) < 4.78 is 5.58. The number of benzene rings is 1. The third kappa shape index (κ3) is 3.08. The van der Waals surface area contributed by atoms with Gasteiger partial charge in [-0.3, -0.25) is 9.78 Å². The quantitative estimate of drug-likeness (QED) is 0.761. The van der Waals surface area contributed by atoms with Crippen molar-refractivity contribution >= 4 is 5.91 Å². The van der Waals surface area contributed by atoms with Gasteiger partial charge in [0.25, 0.3) is 5.89 Å². The average Bonchev–Trinajstić information content (AvgIpc) is 3.38. The van der Waals surface area contributed by atoms with E-state index in [-0.39, 0.29) is 12.5 Å². The molecule has 7 heteroatoms. The van der Waals surface area contributed by atoms with Crippen molar-refractivity contribution < 1.29 is 9.21 Å². The maximum absolute atomic E-state index is 13.0. The molecule has 0 unspecified atom stereocenters. The molecule has 0 spiro atoms. The summed E-state index contributed by atoms with van der Waals surface area (Å²) in [5.74, 6) is 0.654. The van der Waals surface area contributed by atoms with E-state index in [4.69, 9.17) is 4.42 Å². The normalized spacial score (nSPS) is 15.7. The zero-order valence-corrected chi connectivity index (χ0v) is 14.3. The van der Waals surface area contributed by atoms with Crippen molar-refractivity contribution in [2.45, 2.75) is 37.6 Å². The van der Waals surface area contributed by atoms with Crippen molar-refractivity contribution in [2.75, 3.05) is 0 Å². The molecule has 1 N–H and O–H groups in total. The first kappa shape index (κ1) is 16.4. The fourth-order valence-electron chi connectivity index (χ4n) is 3.55. The second kappa shape index (κ2) is 7.03. The Morgan fingerprint density at radius 2 is 1.92 bits per heavy atom. The number of rotatable bonds is 5. The zero-order valence-electron chi connectivity index (χ0n) is 14.3. The second-order valence-electron chi connectivity index (χ2n) is 6.43. The predicted molar refractivity (Wildman–Crippen MR) is 93.8 cm³/mol. The summed E-state index contributed by atoms with van der Waals surface area (Å²) >= 11 is 0. The molecule has 2 aromatic heterocycles. The van der Waals surface area contributed by atoms with Gasteiger partial charge in [-0.1, -0.05) is 43.2 Å². The molecule has 3 aromatic rings. The standard InChI is InChI=1S/C19H19N5O2/c25-18(19(8-4-5-9-19)14-6-2-1-3-7-14)22-13-16-23-24-17(26-16)15-12-20-10-11-21-15/h1-3,6-7,10-12H,4-5,8-9,13H2,(H,22,25). The lowest BCUT2D eigenvalue weighted by Gasteiger charge is -2.28. The van der Waals surface area contributed by atoms with E-state index < -0.39 is 5.41 Å². The summed E-state index contributed by atoms with van der Waals surface area (Å²) in [6, 6.07) is 9.99. The van der Waals surface area contributed by atoms with Crippen LogP contribution in [0.2, 0.25) is 0 Å². The van der Waals surface area contributed by atoms with E-state index >= 15 is 0 Å². The topological polar surface area (TPSA) is 93.8 Å². The molecule has 4 rings (SSSR count). The second-order valence-corrected chi connectivity index (χ2v) is 6.43. The minimum Gasteiger partial charge on any atom is -0.417 e. The van der Waals surface area contributed by atoms with Gasteiger partial charge in [-0.05, 0) is 18.4 Å². The molecule has 26 heavy (non-hydrogen) atoms. The van der Waals surface area contributed by atoms with Gasteiger partial charge < -0.3 is 9.73 Å². The van der Waals surface area contributed by atoms with E-state index in [1.807, 2.05) is 30.3 Å². The van der Waals surface area contributed by atoms with Crippen LogP contribution in [0, 0.1) is 0 Å². The Hall–Kier alpha value is -3.09. The van der Waals surface area contributed by atoms with Gasteiger partial charge in [-0.15, -0.1) is 10.2 Å².